The predicted octanol–water partition coefficient (Wildman–Crippen LogP) is 3.22. The standard InChI is InChI=1S/C22H25N5O3S2/c1-15-8-10-17(11-9-15)20(28)24-21-25-26-22(31-21)32(29,30)23-12-5-13-27-16(2)14-18-6-3-4-7-19(18)27/h3-4,6-11,16,23H,5,12-14H2,1-2H3,(H,24,25,28)/t16-/m1/s1. The molecule has 2 aromatic carbocycles. The lowest BCUT2D eigenvalue weighted by Crippen LogP contribution is -2.33. The van der Waals surface area contributed by atoms with Gasteiger partial charge in [0.2, 0.25) is 9.47 Å². The van der Waals surface area contributed by atoms with Crippen molar-refractivity contribution in [1.82, 2.24) is 14.9 Å². The van der Waals surface area contributed by atoms with Crippen LogP contribution in [0.1, 0.15) is 34.8 Å². The first-order valence-corrected chi connectivity index (χ1v) is 12.7. The van der Waals surface area contributed by atoms with Gasteiger partial charge in [0.15, 0.2) is 0 Å². The fourth-order valence-corrected chi connectivity index (χ4v) is 5.74. The number of benzene rings is 2. The van der Waals surface area contributed by atoms with Gasteiger partial charge in [0.1, 0.15) is 0 Å². The summed E-state index contributed by atoms with van der Waals surface area (Å²) in [7, 11) is -3.79. The molecule has 1 aliphatic heterocycles. The molecular weight excluding hydrogens is 446 g/mol. The topological polar surface area (TPSA) is 104 Å². The zero-order valence-electron chi connectivity index (χ0n) is 17.9. The van der Waals surface area contributed by atoms with Gasteiger partial charge in [-0.2, -0.15) is 0 Å². The molecule has 168 valence electrons. The Morgan fingerprint density at radius 3 is 2.69 bits per heavy atom. The quantitative estimate of drug-likeness (QED) is 0.386. The normalized spacial score (nSPS) is 15.6. The van der Waals surface area contributed by atoms with E-state index in [2.05, 4.69) is 44.2 Å². The van der Waals surface area contributed by atoms with E-state index in [1.165, 1.54) is 11.3 Å². The second-order valence-electron chi connectivity index (χ2n) is 7.82. The molecule has 0 radical (unpaired) electrons. The van der Waals surface area contributed by atoms with Gasteiger partial charge in [0, 0.05) is 30.4 Å². The highest BCUT2D eigenvalue weighted by Gasteiger charge is 2.25. The van der Waals surface area contributed by atoms with Crippen molar-refractivity contribution in [2.75, 3.05) is 23.3 Å². The molecule has 0 spiro atoms. The lowest BCUT2D eigenvalue weighted by molar-refractivity contribution is 0.102. The molecule has 10 heteroatoms. The fourth-order valence-electron chi connectivity index (χ4n) is 3.73. The predicted molar refractivity (Wildman–Crippen MR) is 126 cm³/mol. The number of nitrogens with one attached hydrogen (secondary N) is 2. The molecule has 8 nitrogen and oxygen atoms in total. The minimum atomic E-state index is -3.79. The summed E-state index contributed by atoms with van der Waals surface area (Å²) >= 11 is 0.825. The molecule has 0 bridgehead atoms. The lowest BCUT2D eigenvalue weighted by atomic mass is 10.1. The van der Waals surface area contributed by atoms with E-state index in [1.807, 2.05) is 31.2 Å². The van der Waals surface area contributed by atoms with Crippen LogP contribution in [0.4, 0.5) is 10.8 Å². The van der Waals surface area contributed by atoms with Gasteiger partial charge >= 0.3 is 0 Å². The van der Waals surface area contributed by atoms with Gasteiger partial charge < -0.3 is 4.90 Å². The molecule has 0 saturated carbocycles. The Bertz CT molecular complexity index is 1210. The van der Waals surface area contributed by atoms with Crippen LogP contribution in [0.25, 0.3) is 0 Å². The average Bonchev–Trinajstić information content (AvgIpc) is 3.36. The third-order valence-electron chi connectivity index (χ3n) is 5.39. The second kappa shape index (κ2) is 9.35. The minimum absolute atomic E-state index is 0.137. The number of hydrogen-bond acceptors (Lipinski definition) is 7. The van der Waals surface area contributed by atoms with Gasteiger partial charge in [-0.05, 0) is 50.5 Å². The summed E-state index contributed by atoms with van der Waals surface area (Å²) in [5.41, 5.74) is 4.06. The molecule has 1 atom stereocenters. The number of hydrogen-bond donors (Lipinski definition) is 2. The average molecular weight is 472 g/mol. The maximum atomic E-state index is 12.6. The third kappa shape index (κ3) is 4.98. The van der Waals surface area contributed by atoms with E-state index in [-0.39, 0.29) is 15.4 Å². The van der Waals surface area contributed by atoms with Crippen molar-refractivity contribution < 1.29 is 13.2 Å². The highest BCUT2D eigenvalue weighted by Crippen LogP contribution is 2.31. The zero-order chi connectivity index (χ0) is 22.7. The first-order chi connectivity index (χ1) is 15.3. The van der Waals surface area contributed by atoms with Crippen molar-refractivity contribution in [1.29, 1.82) is 0 Å². The Labute approximate surface area is 191 Å². The molecule has 32 heavy (non-hydrogen) atoms. The van der Waals surface area contributed by atoms with Crippen molar-refractivity contribution in [3.05, 3.63) is 65.2 Å². The van der Waals surface area contributed by atoms with Gasteiger partial charge in [-0.3, -0.25) is 10.1 Å². The van der Waals surface area contributed by atoms with Gasteiger partial charge in [0.25, 0.3) is 15.9 Å². The number of aromatic nitrogens is 2. The lowest BCUT2D eigenvalue weighted by Gasteiger charge is -2.24. The number of carbonyl (C=O) groups excluding carboxylic acids is 1. The second-order valence-corrected chi connectivity index (χ2v) is 10.7. The molecule has 2 heterocycles. The maximum Gasteiger partial charge on any atom is 0.269 e. The molecule has 0 fully saturated rings. The summed E-state index contributed by atoms with van der Waals surface area (Å²) < 4.78 is 27.5. The molecular formula is C22H25N5O3S2. The first kappa shape index (κ1) is 22.4. The summed E-state index contributed by atoms with van der Waals surface area (Å²) in [6.45, 7) is 5.16. The number of rotatable bonds is 8. The third-order valence-corrected chi connectivity index (χ3v) is 8.05. The van der Waals surface area contributed by atoms with Crippen LogP contribution >= 0.6 is 11.3 Å². The first-order valence-electron chi connectivity index (χ1n) is 10.4. The van der Waals surface area contributed by atoms with Crippen molar-refractivity contribution in [3.63, 3.8) is 0 Å². The van der Waals surface area contributed by atoms with Gasteiger partial charge in [0.05, 0.1) is 0 Å². The van der Waals surface area contributed by atoms with Crippen LogP contribution in [-0.2, 0) is 16.4 Å². The highest BCUT2D eigenvalue weighted by molar-refractivity contribution is 7.91. The summed E-state index contributed by atoms with van der Waals surface area (Å²) in [5.74, 6) is -0.363. The molecule has 0 unspecified atom stereocenters. The number of anilines is 2. The molecule has 0 aliphatic carbocycles. The van der Waals surface area contributed by atoms with E-state index in [1.54, 1.807) is 12.1 Å². The number of para-hydroxylation sites is 1. The van der Waals surface area contributed by atoms with Crippen LogP contribution in [-0.4, -0.2) is 43.7 Å². The van der Waals surface area contributed by atoms with Crippen molar-refractivity contribution in [2.45, 2.75) is 37.1 Å². The van der Waals surface area contributed by atoms with E-state index < -0.39 is 10.0 Å². The zero-order valence-corrected chi connectivity index (χ0v) is 19.5. The van der Waals surface area contributed by atoms with Gasteiger partial charge in [-0.25, -0.2) is 13.1 Å². The van der Waals surface area contributed by atoms with Gasteiger partial charge in [-0.15, -0.1) is 10.2 Å². The van der Waals surface area contributed by atoms with E-state index in [4.69, 9.17) is 0 Å². The summed E-state index contributed by atoms with van der Waals surface area (Å²) in [6.07, 6.45) is 1.66. The highest BCUT2D eigenvalue weighted by atomic mass is 32.2. The molecule has 4 rings (SSSR count). The van der Waals surface area contributed by atoms with E-state index in [0.29, 0.717) is 24.6 Å². The molecule has 2 N–H and O–H groups in total. The van der Waals surface area contributed by atoms with E-state index in [0.717, 1.165) is 29.9 Å². The van der Waals surface area contributed by atoms with Crippen LogP contribution in [0.2, 0.25) is 0 Å². The Hall–Kier alpha value is -2.82. The SMILES string of the molecule is Cc1ccc(C(=O)Nc2nnc(S(=O)(=O)NCCCN3c4ccccc4C[C@H]3C)s2)cc1. The van der Waals surface area contributed by atoms with Crippen LogP contribution in [0.3, 0.4) is 0 Å². The maximum absolute atomic E-state index is 12.6. The largest absolute Gasteiger partial charge is 0.368 e. The van der Waals surface area contributed by atoms with Crippen molar-refractivity contribution in [2.24, 2.45) is 0 Å². The van der Waals surface area contributed by atoms with E-state index in [9.17, 15) is 13.2 Å². The van der Waals surface area contributed by atoms with Crippen LogP contribution in [0.15, 0.2) is 52.9 Å². The molecule has 1 aromatic heterocycles. The van der Waals surface area contributed by atoms with Crippen LogP contribution in [0.5, 0.6) is 0 Å². The number of carbonyl (C=O) groups is 1. The fraction of sp³-hybridized carbons (Fsp3) is 0.318. The minimum Gasteiger partial charge on any atom is -0.368 e. The van der Waals surface area contributed by atoms with Gasteiger partial charge in [-0.1, -0.05) is 47.2 Å². The number of aryl methyl sites for hydroxylation is 1. The Morgan fingerprint density at radius 1 is 1.16 bits per heavy atom. The van der Waals surface area contributed by atoms with Crippen molar-refractivity contribution in [3.8, 4) is 0 Å². The monoisotopic (exact) mass is 471 g/mol. The molecule has 3 aromatic rings. The summed E-state index contributed by atoms with van der Waals surface area (Å²) in [4.78, 5) is 14.6. The summed E-state index contributed by atoms with van der Waals surface area (Å²) in [6, 6.07) is 15.8. The Balaban J connectivity index is 1.30. The van der Waals surface area contributed by atoms with Crippen LogP contribution < -0.4 is 14.9 Å². The van der Waals surface area contributed by atoms with Crippen molar-refractivity contribution >= 4 is 38.1 Å². The number of amides is 1. The van der Waals surface area contributed by atoms with Crippen LogP contribution in [0, 0.1) is 6.92 Å². The Morgan fingerprint density at radius 2 is 1.91 bits per heavy atom. The molecule has 0 saturated heterocycles. The Kier molecular flexibility index (Phi) is 6.54. The molecule has 1 aliphatic rings. The number of sulfonamides is 1. The number of nitrogens with zero attached hydrogens (tertiary/aromatic N) is 3. The summed E-state index contributed by atoms with van der Waals surface area (Å²) in [5, 5.41) is 10.3. The van der Waals surface area contributed by atoms with E-state index >= 15 is 0 Å². The number of fused-ring (bicyclic) bond motifs is 1. The molecule has 1 amide bonds. The smallest absolute Gasteiger partial charge is 0.269 e.